The first-order chi connectivity index (χ1) is 9.32. The van der Waals surface area contributed by atoms with E-state index in [1.807, 2.05) is 0 Å². The van der Waals surface area contributed by atoms with Crippen molar-refractivity contribution in [3.8, 4) is 0 Å². The van der Waals surface area contributed by atoms with Crippen LogP contribution in [0.1, 0.15) is 46.0 Å². The van der Waals surface area contributed by atoms with Crippen molar-refractivity contribution in [1.82, 2.24) is 4.57 Å². The normalized spacial score (nSPS) is 14.6. The molecule has 0 saturated heterocycles. The Kier molecular flexibility index (Phi) is 3.25. The number of hydrogen-bond acceptors (Lipinski definition) is 5. The molecule has 1 aromatic rings. The second-order valence-corrected chi connectivity index (χ2v) is 4.60. The van der Waals surface area contributed by atoms with E-state index in [0.717, 1.165) is 0 Å². The Hall–Kier alpha value is -2.37. The molecule has 106 valence electrons. The van der Waals surface area contributed by atoms with Crippen LogP contribution in [0.25, 0.3) is 5.76 Å². The van der Waals surface area contributed by atoms with Crippen molar-refractivity contribution in [3.05, 3.63) is 28.1 Å². The third kappa shape index (κ3) is 1.68. The topological polar surface area (TPSA) is 85.6 Å². The zero-order chi connectivity index (χ0) is 15.2. The minimum absolute atomic E-state index is 0.0153. The number of Topliss-reactive ketones (excluding diaryl/α,β-unsaturated/α-hetero) is 2. The molecule has 0 bridgehead atoms. The van der Waals surface area contributed by atoms with Crippen LogP contribution in [0.4, 0.5) is 0 Å². The fourth-order valence-electron chi connectivity index (χ4n) is 2.32. The lowest BCUT2D eigenvalue weighted by atomic mass is 9.91. The van der Waals surface area contributed by atoms with Crippen LogP contribution < -0.4 is 0 Å². The van der Waals surface area contributed by atoms with Gasteiger partial charge in [0.05, 0.1) is 23.4 Å². The van der Waals surface area contributed by atoms with Gasteiger partial charge in [0, 0.05) is 18.3 Å². The summed E-state index contributed by atoms with van der Waals surface area (Å²) in [6, 6.07) is 0. The lowest BCUT2D eigenvalue weighted by Gasteiger charge is -2.14. The van der Waals surface area contributed by atoms with Crippen LogP contribution in [-0.4, -0.2) is 33.8 Å². The summed E-state index contributed by atoms with van der Waals surface area (Å²) in [6.07, 6.45) is 0. The fourth-order valence-corrected chi connectivity index (χ4v) is 2.32. The number of rotatable bonds is 2. The van der Waals surface area contributed by atoms with E-state index in [0.29, 0.717) is 5.69 Å². The Morgan fingerprint density at radius 2 is 1.85 bits per heavy atom. The third-order valence-corrected chi connectivity index (χ3v) is 3.52. The van der Waals surface area contributed by atoms with Crippen molar-refractivity contribution in [2.24, 2.45) is 7.05 Å². The molecule has 0 saturated carbocycles. The van der Waals surface area contributed by atoms with Crippen molar-refractivity contribution in [2.75, 3.05) is 6.61 Å². The van der Waals surface area contributed by atoms with Crippen LogP contribution in [0.5, 0.6) is 0 Å². The smallest absolute Gasteiger partial charge is 0.340 e. The maximum Gasteiger partial charge on any atom is 0.340 e. The third-order valence-electron chi connectivity index (χ3n) is 3.52. The van der Waals surface area contributed by atoms with Gasteiger partial charge in [0.2, 0.25) is 11.6 Å². The minimum Gasteiger partial charge on any atom is -0.505 e. The van der Waals surface area contributed by atoms with Crippen molar-refractivity contribution in [1.29, 1.82) is 0 Å². The molecular weight excluding hydrogens is 262 g/mol. The molecule has 0 unspecified atom stereocenters. The van der Waals surface area contributed by atoms with Crippen LogP contribution in [0.2, 0.25) is 0 Å². The highest BCUT2D eigenvalue weighted by molar-refractivity contribution is 6.53. The number of aliphatic hydroxyl groups is 1. The molecule has 0 aromatic carbocycles. The van der Waals surface area contributed by atoms with E-state index in [-0.39, 0.29) is 34.8 Å². The number of ketones is 2. The number of carbonyl (C=O) groups is 3. The number of carbonyl (C=O) groups excluding carboxylic acids is 3. The summed E-state index contributed by atoms with van der Waals surface area (Å²) in [5.41, 5.74) is 0.611. The summed E-state index contributed by atoms with van der Waals surface area (Å²) in [4.78, 5) is 36.0. The summed E-state index contributed by atoms with van der Waals surface area (Å²) in [5, 5.41) is 10.1. The van der Waals surface area contributed by atoms with E-state index >= 15 is 0 Å². The SMILES string of the molecule is CCOC(=O)c1c2c(n(C)c1C)C(O)=C(C)C(=O)C2=O. The zero-order valence-corrected chi connectivity index (χ0v) is 11.7. The standard InChI is InChI=1S/C14H15NO5/c1-5-20-14(19)8-7(3)15(4)10-9(8)13(18)12(17)6(2)11(10)16/h16H,5H2,1-4H3. The van der Waals surface area contributed by atoms with Gasteiger partial charge in [-0.25, -0.2) is 4.79 Å². The average molecular weight is 277 g/mol. The zero-order valence-electron chi connectivity index (χ0n) is 11.7. The van der Waals surface area contributed by atoms with Crippen LogP contribution in [0.15, 0.2) is 5.57 Å². The molecule has 2 rings (SSSR count). The molecule has 1 aliphatic carbocycles. The quantitative estimate of drug-likeness (QED) is 0.655. The second-order valence-electron chi connectivity index (χ2n) is 4.60. The number of hydrogen-bond donors (Lipinski definition) is 1. The van der Waals surface area contributed by atoms with E-state index in [9.17, 15) is 19.5 Å². The van der Waals surface area contributed by atoms with Gasteiger partial charge < -0.3 is 14.4 Å². The highest BCUT2D eigenvalue weighted by Crippen LogP contribution is 2.33. The molecule has 0 fully saturated rings. The van der Waals surface area contributed by atoms with Crippen molar-refractivity contribution in [2.45, 2.75) is 20.8 Å². The number of allylic oxidation sites excluding steroid dienone is 1. The van der Waals surface area contributed by atoms with Gasteiger partial charge in [-0.3, -0.25) is 9.59 Å². The molecular formula is C14H15NO5. The van der Waals surface area contributed by atoms with E-state index in [1.165, 1.54) is 11.5 Å². The Labute approximate surface area is 115 Å². The maximum atomic E-state index is 12.2. The lowest BCUT2D eigenvalue weighted by Crippen LogP contribution is -2.25. The van der Waals surface area contributed by atoms with E-state index in [2.05, 4.69) is 0 Å². The number of esters is 1. The van der Waals surface area contributed by atoms with Gasteiger partial charge in [-0.05, 0) is 20.8 Å². The number of ether oxygens (including phenoxy) is 1. The van der Waals surface area contributed by atoms with E-state index < -0.39 is 17.5 Å². The molecule has 1 N–H and O–H groups in total. The number of aliphatic hydroxyl groups excluding tert-OH is 1. The van der Waals surface area contributed by atoms with Gasteiger partial charge in [-0.1, -0.05) is 0 Å². The highest BCUT2D eigenvalue weighted by atomic mass is 16.5. The minimum atomic E-state index is -0.800. The number of aromatic nitrogens is 1. The fraction of sp³-hybridized carbons (Fsp3) is 0.357. The van der Waals surface area contributed by atoms with Gasteiger partial charge >= 0.3 is 5.97 Å². The molecule has 1 heterocycles. The number of nitrogens with zero attached hydrogens (tertiary/aromatic N) is 1. The maximum absolute atomic E-state index is 12.2. The van der Waals surface area contributed by atoms with Gasteiger partial charge in [-0.2, -0.15) is 0 Å². The van der Waals surface area contributed by atoms with E-state index in [4.69, 9.17) is 4.74 Å². The Morgan fingerprint density at radius 3 is 2.40 bits per heavy atom. The molecule has 0 aliphatic heterocycles. The first-order valence-electron chi connectivity index (χ1n) is 6.18. The van der Waals surface area contributed by atoms with Crippen LogP contribution >= 0.6 is 0 Å². The largest absolute Gasteiger partial charge is 0.505 e. The van der Waals surface area contributed by atoms with Gasteiger partial charge in [0.1, 0.15) is 5.76 Å². The van der Waals surface area contributed by atoms with Crippen molar-refractivity contribution < 1.29 is 24.2 Å². The molecule has 0 spiro atoms. The summed E-state index contributed by atoms with van der Waals surface area (Å²) in [7, 11) is 1.61. The molecule has 0 radical (unpaired) electrons. The van der Waals surface area contributed by atoms with Gasteiger partial charge in [-0.15, -0.1) is 0 Å². The van der Waals surface area contributed by atoms with Crippen LogP contribution in [0.3, 0.4) is 0 Å². The predicted octanol–water partition coefficient (Wildman–Crippen LogP) is 1.56. The van der Waals surface area contributed by atoms with Crippen LogP contribution in [-0.2, 0) is 16.6 Å². The Bertz CT molecular complexity index is 678. The van der Waals surface area contributed by atoms with Gasteiger partial charge in [0.15, 0.2) is 0 Å². The molecule has 1 aliphatic rings. The summed E-state index contributed by atoms with van der Waals surface area (Å²) in [5.74, 6) is -2.53. The molecule has 0 amide bonds. The first-order valence-corrected chi connectivity index (χ1v) is 6.18. The first kappa shape index (κ1) is 14.0. The van der Waals surface area contributed by atoms with Gasteiger partial charge in [0.25, 0.3) is 0 Å². The Balaban J connectivity index is 2.81. The average Bonchev–Trinajstić information content (AvgIpc) is 2.67. The van der Waals surface area contributed by atoms with Crippen molar-refractivity contribution in [3.63, 3.8) is 0 Å². The monoisotopic (exact) mass is 277 g/mol. The summed E-state index contributed by atoms with van der Waals surface area (Å²) in [6.45, 7) is 4.82. The summed E-state index contributed by atoms with van der Waals surface area (Å²) >= 11 is 0. The molecule has 1 aromatic heterocycles. The van der Waals surface area contributed by atoms with Crippen LogP contribution in [0, 0.1) is 6.92 Å². The van der Waals surface area contributed by atoms with Crippen molar-refractivity contribution >= 4 is 23.3 Å². The molecule has 0 atom stereocenters. The Morgan fingerprint density at radius 1 is 1.25 bits per heavy atom. The molecule has 20 heavy (non-hydrogen) atoms. The highest BCUT2D eigenvalue weighted by Gasteiger charge is 2.39. The molecule has 6 nitrogen and oxygen atoms in total. The lowest BCUT2D eigenvalue weighted by molar-refractivity contribution is -0.111. The van der Waals surface area contributed by atoms with E-state index in [1.54, 1.807) is 20.9 Å². The second kappa shape index (κ2) is 4.63. The predicted molar refractivity (Wildman–Crippen MR) is 70.7 cm³/mol. The summed E-state index contributed by atoms with van der Waals surface area (Å²) < 4.78 is 6.44. The molecule has 6 heteroatoms. The number of fused-ring (bicyclic) bond motifs is 1.